The number of nitriles is 1. The number of methoxy groups -OCH3 is 1. The molecule has 32 heavy (non-hydrogen) atoms. The van der Waals surface area contributed by atoms with Gasteiger partial charge in [0, 0.05) is 5.69 Å². The van der Waals surface area contributed by atoms with Crippen LogP contribution in [0.5, 0.6) is 5.75 Å². The average Bonchev–Trinajstić information content (AvgIpc) is 2.78. The lowest BCUT2D eigenvalue weighted by Crippen LogP contribution is -2.13. The second kappa shape index (κ2) is 12.7. The second-order valence-corrected chi connectivity index (χ2v) is 7.73. The van der Waals surface area contributed by atoms with Crippen LogP contribution in [0.15, 0.2) is 42.0 Å². The maximum atomic E-state index is 12.5. The van der Waals surface area contributed by atoms with Crippen molar-refractivity contribution in [3.63, 3.8) is 0 Å². The van der Waals surface area contributed by atoms with Crippen molar-refractivity contribution in [1.82, 2.24) is 0 Å². The van der Waals surface area contributed by atoms with Crippen LogP contribution < -0.4 is 10.1 Å². The maximum Gasteiger partial charge on any atom is 0.337 e. The van der Waals surface area contributed by atoms with Gasteiger partial charge in [0.1, 0.15) is 11.6 Å². The van der Waals surface area contributed by atoms with Gasteiger partial charge in [-0.25, -0.2) is 4.79 Å². The molecule has 168 valence electrons. The lowest BCUT2D eigenvalue weighted by molar-refractivity contribution is -0.112. The van der Waals surface area contributed by atoms with Crippen molar-refractivity contribution < 1.29 is 19.1 Å². The Hall–Kier alpha value is -3.01. The Morgan fingerprint density at radius 1 is 1.09 bits per heavy atom. The number of carbonyl (C=O) groups is 2. The molecule has 0 saturated carbocycles. The number of halogens is 2. The number of rotatable bonds is 10. The van der Waals surface area contributed by atoms with Crippen LogP contribution in [0, 0.1) is 11.3 Å². The minimum absolute atomic E-state index is 0.137. The number of benzene rings is 2. The van der Waals surface area contributed by atoms with Crippen LogP contribution in [0.4, 0.5) is 5.69 Å². The minimum Gasteiger partial charge on any atom is -0.490 e. The Bertz CT molecular complexity index is 1000. The molecule has 0 radical (unpaired) electrons. The quantitative estimate of drug-likeness (QED) is 0.189. The summed E-state index contributed by atoms with van der Waals surface area (Å²) in [5.74, 6) is -0.708. The highest BCUT2D eigenvalue weighted by molar-refractivity contribution is 6.37. The zero-order chi connectivity index (χ0) is 23.5. The first-order valence-electron chi connectivity index (χ1n) is 10.1. The fourth-order valence-corrected chi connectivity index (χ4v) is 3.44. The topological polar surface area (TPSA) is 88.4 Å². The molecule has 0 aliphatic heterocycles. The van der Waals surface area contributed by atoms with Crippen molar-refractivity contribution in [2.24, 2.45) is 0 Å². The summed E-state index contributed by atoms with van der Waals surface area (Å²) in [5.41, 5.74) is 1.12. The van der Waals surface area contributed by atoms with Crippen LogP contribution in [0.3, 0.4) is 0 Å². The van der Waals surface area contributed by atoms with E-state index in [0.717, 1.165) is 25.7 Å². The molecule has 1 amide bonds. The molecule has 0 bridgehead atoms. The van der Waals surface area contributed by atoms with Crippen LogP contribution in [0.1, 0.15) is 48.5 Å². The van der Waals surface area contributed by atoms with Crippen molar-refractivity contribution in [1.29, 1.82) is 5.26 Å². The molecule has 6 nitrogen and oxygen atoms in total. The molecule has 0 fully saturated rings. The number of unbranched alkanes of at least 4 members (excludes halogenated alkanes) is 3. The fraction of sp³-hybridized carbons (Fsp3) is 0.292. The molecule has 0 saturated heterocycles. The lowest BCUT2D eigenvalue weighted by Gasteiger charge is -2.11. The molecule has 0 heterocycles. The number of nitrogens with zero attached hydrogens (tertiary/aromatic N) is 1. The average molecular weight is 475 g/mol. The van der Waals surface area contributed by atoms with Crippen molar-refractivity contribution in [3.8, 4) is 11.8 Å². The van der Waals surface area contributed by atoms with E-state index in [2.05, 4.69) is 17.0 Å². The number of hydrogen-bond acceptors (Lipinski definition) is 5. The van der Waals surface area contributed by atoms with E-state index in [1.165, 1.54) is 25.3 Å². The third-order valence-corrected chi connectivity index (χ3v) is 5.07. The van der Waals surface area contributed by atoms with Gasteiger partial charge in [0.05, 0.1) is 29.3 Å². The molecule has 0 unspecified atom stereocenters. The maximum absolute atomic E-state index is 12.5. The summed E-state index contributed by atoms with van der Waals surface area (Å²) in [6.07, 6.45) is 5.64. The summed E-state index contributed by atoms with van der Waals surface area (Å²) in [6.45, 7) is 2.65. The first-order valence-corrected chi connectivity index (χ1v) is 10.9. The van der Waals surface area contributed by atoms with E-state index in [0.29, 0.717) is 39.2 Å². The van der Waals surface area contributed by atoms with Crippen molar-refractivity contribution in [3.05, 3.63) is 63.1 Å². The van der Waals surface area contributed by atoms with Gasteiger partial charge in [0.25, 0.3) is 5.91 Å². The Morgan fingerprint density at radius 2 is 1.75 bits per heavy atom. The van der Waals surface area contributed by atoms with Gasteiger partial charge in [-0.3, -0.25) is 4.79 Å². The third-order valence-electron chi connectivity index (χ3n) is 4.50. The van der Waals surface area contributed by atoms with E-state index >= 15 is 0 Å². The molecule has 0 aliphatic rings. The minimum atomic E-state index is -0.609. The summed E-state index contributed by atoms with van der Waals surface area (Å²) in [5, 5.41) is 12.6. The van der Waals surface area contributed by atoms with Crippen LogP contribution in [0.2, 0.25) is 10.0 Å². The molecule has 1 N–H and O–H groups in total. The zero-order valence-corrected chi connectivity index (χ0v) is 19.4. The van der Waals surface area contributed by atoms with Gasteiger partial charge < -0.3 is 14.8 Å². The van der Waals surface area contributed by atoms with E-state index in [9.17, 15) is 14.9 Å². The van der Waals surface area contributed by atoms with Crippen molar-refractivity contribution in [2.75, 3.05) is 19.0 Å². The molecule has 0 atom stereocenters. The van der Waals surface area contributed by atoms with Gasteiger partial charge in [0.2, 0.25) is 0 Å². The van der Waals surface area contributed by atoms with E-state index < -0.39 is 11.9 Å². The molecule has 0 aliphatic carbocycles. The summed E-state index contributed by atoms with van der Waals surface area (Å²) < 4.78 is 10.3. The van der Waals surface area contributed by atoms with Crippen LogP contribution in [0.25, 0.3) is 6.08 Å². The number of nitrogens with one attached hydrogen (secondary N) is 1. The number of hydrogen-bond donors (Lipinski definition) is 1. The van der Waals surface area contributed by atoms with Gasteiger partial charge >= 0.3 is 5.97 Å². The Labute approximate surface area is 197 Å². The highest BCUT2D eigenvalue weighted by Crippen LogP contribution is 2.35. The first-order chi connectivity index (χ1) is 15.4. The highest BCUT2D eigenvalue weighted by atomic mass is 35.5. The number of carbonyl (C=O) groups excluding carboxylic acids is 2. The molecule has 8 heteroatoms. The summed E-state index contributed by atoms with van der Waals surface area (Å²) in [7, 11) is 1.28. The molecular formula is C24H24Cl2N2O4. The number of esters is 1. The van der Waals surface area contributed by atoms with E-state index in [-0.39, 0.29) is 5.57 Å². The second-order valence-electron chi connectivity index (χ2n) is 6.92. The normalized spacial score (nSPS) is 10.9. The van der Waals surface area contributed by atoms with Crippen LogP contribution in [-0.2, 0) is 9.53 Å². The van der Waals surface area contributed by atoms with Gasteiger partial charge in [-0.05, 0) is 54.5 Å². The number of ether oxygens (including phenoxy) is 2. The largest absolute Gasteiger partial charge is 0.490 e. The molecule has 2 aromatic rings. The molecule has 2 rings (SSSR count). The Kier molecular flexibility index (Phi) is 10.1. The molecule has 0 spiro atoms. The summed E-state index contributed by atoms with van der Waals surface area (Å²) in [6, 6.07) is 11.2. The van der Waals surface area contributed by atoms with E-state index in [1.807, 2.05) is 6.07 Å². The van der Waals surface area contributed by atoms with Crippen molar-refractivity contribution >= 4 is 46.8 Å². The van der Waals surface area contributed by atoms with Crippen molar-refractivity contribution in [2.45, 2.75) is 32.6 Å². The predicted molar refractivity (Wildman–Crippen MR) is 126 cm³/mol. The Morgan fingerprint density at radius 3 is 2.31 bits per heavy atom. The van der Waals surface area contributed by atoms with Crippen LogP contribution in [-0.4, -0.2) is 25.6 Å². The first kappa shape index (κ1) is 25.3. The zero-order valence-electron chi connectivity index (χ0n) is 17.9. The smallest absolute Gasteiger partial charge is 0.337 e. The van der Waals surface area contributed by atoms with Crippen LogP contribution >= 0.6 is 23.2 Å². The lowest BCUT2D eigenvalue weighted by atomic mass is 10.1. The third kappa shape index (κ3) is 7.30. The highest BCUT2D eigenvalue weighted by Gasteiger charge is 2.13. The summed E-state index contributed by atoms with van der Waals surface area (Å²) in [4.78, 5) is 24.0. The fourth-order valence-electron chi connectivity index (χ4n) is 2.82. The molecule has 2 aromatic carbocycles. The number of anilines is 1. The van der Waals surface area contributed by atoms with E-state index in [4.69, 9.17) is 27.9 Å². The van der Waals surface area contributed by atoms with Gasteiger partial charge in [0.15, 0.2) is 5.75 Å². The Balaban J connectivity index is 2.10. The van der Waals surface area contributed by atoms with Gasteiger partial charge in [-0.2, -0.15) is 5.26 Å². The molecule has 0 aromatic heterocycles. The SMILES string of the molecule is CCCCCCOc1c(Cl)cc(C=C(C#N)C(=O)Nc2ccc(C(=O)OC)cc2)cc1Cl. The van der Waals surface area contributed by atoms with E-state index in [1.54, 1.807) is 24.3 Å². The molecular weight excluding hydrogens is 451 g/mol. The summed E-state index contributed by atoms with van der Waals surface area (Å²) >= 11 is 12.6. The van der Waals surface area contributed by atoms with Gasteiger partial charge in [-0.1, -0.05) is 49.4 Å². The van der Waals surface area contributed by atoms with Gasteiger partial charge in [-0.15, -0.1) is 0 Å². The standard InChI is InChI=1S/C24H24Cl2N2O4/c1-3-4-5-6-11-32-22-20(25)13-16(14-21(22)26)12-18(15-27)23(29)28-19-9-7-17(8-10-19)24(30)31-2/h7-10,12-14H,3-6,11H2,1-2H3,(H,28,29). The predicted octanol–water partition coefficient (Wildman–Crippen LogP) is 6.28. The monoisotopic (exact) mass is 474 g/mol. The number of amides is 1.